The molecule has 0 radical (unpaired) electrons. The van der Waals surface area contributed by atoms with Crippen LogP contribution in [-0.4, -0.2) is 20.4 Å². The SMILES string of the molecule is O=C(CCn1c(=S)[nH]c2ccccc2c1=O)NCc1cccnc1Oc1cccc(C(F)(F)F)c1. The van der Waals surface area contributed by atoms with Crippen LogP contribution in [0.25, 0.3) is 10.9 Å². The molecule has 1 amide bonds. The van der Waals surface area contributed by atoms with E-state index < -0.39 is 11.7 Å². The number of carbonyl (C=O) groups excluding carboxylic acids is 1. The summed E-state index contributed by atoms with van der Waals surface area (Å²) in [6.07, 6.45) is -3.09. The van der Waals surface area contributed by atoms with Crippen LogP contribution in [0, 0.1) is 4.77 Å². The molecule has 0 unspecified atom stereocenters. The number of nitrogens with zero attached hydrogens (tertiary/aromatic N) is 2. The van der Waals surface area contributed by atoms with E-state index in [4.69, 9.17) is 17.0 Å². The van der Waals surface area contributed by atoms with Crippen molar-refractivity contribution in [2.75, 3.05) is 0 Å². The molecule has 180 valence electrons. The van der Waals surface area contributed by atoms with Crippen molar-refractivity contribution in [3.05, 3.63) is 93.1 Å². The molecular weight excluding hydrogens is 481 g/mol. The zero-order chi connectivity index (χ0) is 25.0. The zero-order valence-electron chi connectivity index (χ0n) is 18.1. The van der Waals surface area contributed by atoms with Gasteiger partial charge in [0, 0.05) is 31.3 Å². The number of nitrogens with one attached hydrogen (secondary N) is 2. The third-order valence-corrected chi connectivity index (χ3v) is 5.48. The van der Waals surface area contributed by atoms with Gasteiger partial charge >= 0.3 is 6.18 Å². The number of hydrogen-bond acceptors (Lipinski definition) is 5. The highest BCUT2D eigenvalue weighted by atomic mass is 32.1. The Kier molecular flexibility index (Phi) is 6.97. The number of halogens is 3. The van der Waals surface area contributed by atoms with Crippen LogP contribution in [0.15, 0.2) is 71.7 Å². The molecule has 4 aromatic rings. The standard InChI is InChI=1S/C24H19F3N4O3S/c25-24(26,27)16-6-3-7-17(13-16)34-21-15(5-4-11-28-21)14-29-20(32)10-12-31-22(33)18-8-1-2-9-19(18)30-23(31)35/h1-9,11,13H,10,12,14H2,(H,29,32)(H,30,35). The lowest BCUT2D eigenvalue weighted by molar-refractivity contribution is -0.137. The Morgan fingerprint density at radius 3 is 2.71 bits per heavy atom. The molecular formula is C24H19F3N4O3S. The third kappa shape index (κ3) is 5.75. The van der Waals surface area contributed by atoms with Crippen molar-refractivity contribution in [2.45, 2.75) is 25.7 Å². The predicted molar refractivity (Wildman–Crippen MR) is 126 cm³/mol. The monoisotopic (exact) mass is 500 g/mol. The van der Waals surface area contributed by atoms with E-state index >= 15 is 0 Å². The molecule has 0 aliphatic heterocycles. The molecule has 2 aromatic heterocycles. The van der Waals surface area contributed by atoms with Gasteiger partial charge in [0.2, 0.25) is 11.8 Å². The Morgan fingerprint density at radius 2 is 1.91 bits per heavy atom. The van der Waals surface area contributed by atoms with E-state index in [1.807, 2.05) is 0 Å². The lowest BCUT2D eigenvalue weighted by Crippen LogP contribution is -2.28. The van der Waals surface area contributed by atoms with E-state index in [1.54, 1.807) is 36.4 Å². The van der Waals surface area contributed by atoms with E-state index in [0.29, 0.717) is 16.5 Å². The number of aromatic amines is 1. The summed E-state index contributed by atoms with van der Waals surface area (Å²) in [6, 6.07) is 14.7. The minimum absolute atomic E-state index is 0.0141. The quantitative estimate of drug-likeness (QED) is 0.350. The average Bonchev–Trinajstić information content (AvgIpc) is 2.83. The fourth-order valence-corrected chi connectivity index (χ4v) is 3.68. The second-order valence-corrected chi connectivity index (χ2v) is 7.94. The fourth-order valence-electron chi connectivity index (χ4n) is 3.40. The maximum absolute atomic E-state index is 13.0. The molecule has 11 heteroatoms. The van der Waals surface area contributed by atoms with E-state index in [2.05, 4.69) is 15.3 Å². The van der Waals surface area contributed by atoms with Gasteiger partial charge < -0.3 is 15.0 Å². The summed E-state index contributed by atoms with van der Waals surface area (Å²) in [5.41, 5.74) is -0.0456. The number of rotatable bonds is 7. The fraction of sp³-hybridized carbons (Fsp3) is 0.167. The van der Waals surface area contributed by atoms with Gasteiger partial charge in [0.05, 0.1) is 16.5 Å². The van der Waals surface area contributed by atoms with Crippen LogP contribution in [0.5, 0.6) is 11.6 Å². The van der Waals surface area contributed by atoms with Crippen molar-refractivity contribution in [3.8, 4) is 11.6 Å². The van der Waals surface area contributed by atoms with Crippen molar-refractivity contribution >= 4 is 29.0 Å². The first-order chi connectivity index (χ1) is 16.7. The molecule has 2 N–H and O–H groups in total. The molecule has 0 fully saturated rings. The predicted octanol–water partition coefficient (Wildman–Crippen LogP) is 4.97. The summed E-state index contributed by atoms with van der Waals surface area (Å²) in [6.45, 7) is 0.103. The van der Waals surface area contributed by atoms with Gasteiger partial charge in [0.25, 0.3) is 5.56 Å². The number of alkyl halides is 3. The molecule has 7 nitrogen and oxygen atoms in total. The number of amides is 1. The average molecular weight is 501 g/mol. The van der Waals surface area contributed by atoms with Gasteiger partial charge in [-0.15, -0.1) is 0 Å². The molecule has 0 atom stereocenters. The van der Waals surface area contributed by atoms with Crippen LogP contribution in [0.1, 0.15) is 17.5 Å². The Morgan fingerprint density at radius 1 is 1.11 bits per heavy atom. The Hall–Kier alpha value is -3.99. The molecule has 0 aliphatic rings. The number of hydrogen-bond donors (Lipinski definition) is 2. The summed E-state index contributed by atoms with van der Waals surface area (Å²) in [5.74, 6) is -0.315. The molecule has 0 bridgehead atoms. The number of ether oxygens (including phenoxy) is 1. The number of para-hydroxylation sites is 1. The van der Waals surface area contributed by atoms with Crippen molar-refractivity contribution in [1.82, 2.24) is 19.9 Å². The number of pyridine rings is 1. The second kappa shape index (κ2) is 10.1. The Bertz CT molecular complexity index is 1500. The highest BCUT2D eigenvalue weighted by molar-refractivity contribution is 7.71. The van der Waals surface area contributed by atoms with Crippen LogP contribution in [-0.2, 0) is 24.1 Å². The first-order valence-electron chi connectivity index (χ1n) is 10.5. The van der Waals surface area contributed by atoms with Crippen LogP contribution >= 0.6 is 12.2 Å². The number of carbonyl (C=O) groups is 1. The van der Waals surface area contributed by atoms with Gasteiger partial charge in [-0.1, -0.05) is 24.3 Å². The number of fused-ring (bicyclic) bond motifs is 1. The van der Waals surface area contributed by atoms with E-state index in [-0.39, 0.29) is 47.4 Å². The first kappa shape index (κ1) is 24.1. The molecule has 0 spiro atoms. The molecule has 0 saturated carbocycles. The molecule has 35 heavy (non-hydrogen) atoms. The van der Waals surface area contributed by atoms with E-state index in [0.717, 1.165) is 12.1 Å². The van der Waals surface area contributed by atoms with Gasteiger partial charge in [-0.05, 0) is 48.6 Å². The Labute approximate surface area is 202 Å². The van der Waals surface area contributed by atoms with Crippen molar-refractivity contribution in [3.63, 3.8) is 0 Å². The Balaban J connectivity index is 1.41. The lowest BCUT2D eigenvalue weighted by atomic mass is 10.2. The van der Waals surface area contributed by atoms with Crippen LogP contribution in [0.3, 0.4) is 0 Å². The maximum atomic E-state index is 13.0. The van der Waals surface area contributed by atoms with Crippen molar-refractivity contribution in [1.29, 1.82) is 0 Å². The maximum Gasteiger partial charge on any atom is 0.416 e. The lowest BCUT2D eigenvalue weighted by Gasteiger charge is -2.13. The topological polar surface area (TPSA) is 89.0 Å². The summed E-state index contributed by atoms with van der Waals surface area (Å²) >= 11 is 5.25. The highest BCUT2D eigenvalue weighted by Crippen LogP contribution is 2.32. The van der Waals surface area contributed by atoms with Gasteiger partial charge in [-0.2, -0.15) is 13.2 Å². The normalized spacial score (nSPS) is 11.4. The summed E-state index contributed by atoms with van der Waals surface area (Å²) in [7, 11) is 0. The largest absolute Gasteiger partial charge is 0.439 e. The van der Waals surface area contributed by atoms with Gasteiger partial charge in [0.1, 0.15) is 5.75 Å². The van der Waals surface area contributed by atoms with Crippen LogP contribution in [0.4, 0.5) is 13.2 Å². The second-order valence-electron chi connectivity index (χ2n) is 7.55. The number of benzene rings is 2. The van der Waals surface area contributed by atoms with Crippen LogP contribution < -0.4 is 15.6 Å². The molecule has 4 rings (SSSR count). The van der Waals surface area contributed by atoms with Gasteiger partial charge in [0.15, 0.2) is 4.77 Å². The third-order valence-electron chi connectivity index (χ3n) is 5.15. The molecule has 2 aromatic carbocycles. The summed E-state index contributed by atoms with van der Waals surface area (Å²) in [4.78, 5) is 32.2. The smallest absolute Gasteiger partial charge is 0.416 e. The highest BCUT2D eigenvalue weighted by Gasteiger charge is 2.30. The van der Waals surface area contributed by atoms with Crippen molar-refractivity contribution < 1.29 is 22.7 Å². The minimum Gasteiger partial charge on any atom is -0.439 e. The number of H-pyrrole nitrogens is 1. The summed E-state index contributed by atoms with van der Waals surface area (Å²) < 4.78 is 46.0. The molecule has 2 heterocycles. The van der Waals surface area contributed by atoms with Crippen LogP contribution in [0.2, 0.25) is 0 Å². The summed E-state index contributed by atoms with van der Waals surface area (Å²) in [5, 5.41) is 3.17. The first-order valence-corrected chi connectivity index (χ1v) is 10.9. The molecule has 0 aliphatic carbocycles. The molecule has 0 saturated heterocycles. The van der Waals surface area contributed by atoms with Gasteiger partial charge in [-0.3, -0.25) is 14.2 Å². The van der Waals surface area contributed by atoms with Crippen molar-refractivity contribution in [2.24, 2.45) is 0 Å². The van der Waals surface area contributed by atoms with E-state index in [9.17, 15) is 22.8 Å². The minimum atomic E-state index is -4.50. The number of aromatic nitrogens is 3. The van der Waals surface area contributed by atoms with Gasteiger partial charge in [-0.25, -0.2) is 4.98 Å². The van der Waals surface area contributed by atoms with E-state index in [1.165, 1.54) is 22.9 Å². The zero-order valence-corrected chi connectivity index (χ0v) is 18.9.